The smallest absolute Gasteiger partial charge is 0.244 e. The van der Waals surface area contributed by atoms with E-state index in [0.29, 0.717) is 44.3 Å². The molecule has 2 saturated heterocycles. The van der Waals surface area contributed by atoms with E-state index in [9.17, 15) is 9.18 Å². The number of nitrogens with two attached hydrogens (primary N) is 1. The number of morpholine rings is 1. The quantitative estimate of drug-likeness (QED) is 0.900. The highest BCUT2D eigenvalue weighted by molar-refractivity contribution is 5.83. The molecule has 0 spiro atoms. The second-order valence-electron chi connectivity index (χ2n) is 7.12. The molecule has 1 aromatic carbocycles. The first-order chi connectivity index (χ1) is 12.1. The van der Waals surface area contributed by atoms with Gasteiger partial charge < -0.3 is 15.4 Å². The molecule has 2 N–H and O–H groups in total. The number of rotatable bonds is 4. The Labute approximate surface area is 148 Å². The summed E-state index contributed by atoms with van der Waals surface area (Å²) in [7, 11) is 0. The third-order valence-electron chi connectivity index (χ3n) is 5.36. The fourth-order valence-corrected chi connectivity index (χ4v) is 3.83. The van der Waals surface area contributed by atoms with Crippen LogP contribution in [0.1, 0.15) is 31.4 Å². The van der Waals surface area contributed by atoms with Gasteiger partial charge in [-0.05, 0) is 31.7 Å². The van der Waals surface area contributed by atoms with Crippen LogP contribution in [0, 0.1) is 11.7 Å². The van der Waals surface area contributed by atoms with E-state index in [-0.39, 0.29) is 17.8 Å². The second kappa shape index (κ2) is 8.25. The molecule has 2 aliphatic rings. The Morgan fingerprint density at radius 1 is 1.28 bits per heavy atom. The van der Waals surface area contributed by atoms with Crippen molar-refractivity contribution in [2.24, 2.45) is 11.7 Å². The number of benzene rings is 1. The van der Waals surface area contributed by atoms with Gasteiger partial charge in [0, 0.05) is 37.8 Å². The van der Waals surface area contributed by atoms with E-state index >= 15 is 0 Å². The maximum absolute atomic E-state index is 14.5. The number of carbonyl (C=O) groups is 1. The summed E-state index contributed by atoms with van der Waals surface area (Å²) < 4.78 is 19.9. The Bertz CT molecular complexity index is 590. The lowest BCUT2D eigenvalue weighted by Gasteiger charge is -2.40. The molecule has 25 heavy (non-hydrogen) atoms. The van der Waals surface area contributed by atoms with Crippen LogP contribution in [-0.4, -0.2) is 61.1 Å². The lowest BCUT2D eigenvalue weighted by Crippen LogP contribution is -2.51. The topological polar surface area (TPSA) is 58.8 Å². The molecule has 1 aromatic rings. The molecule has 0 radical (unpaired) electrons. The standard InChI is InChI=1S/C19H28FN3O2/c1-14(21)15-5-4-8-23(13-15)19(24)18(22-9-11-25-12-10-22)16-6-2-3-7-17(16)20/h2-3,6-7,14-15,18H,4-5,8-13,21H2,1H3/t14-,15+,18-/m0/s1. The average molecular weight is 349 g/mol. The molecular formula is C19H28FN3O2. The minimum absolute atomic E-state index is 0.0163. The number of piperidine rings is 1. The lowest BCUT2D eigenvalue weighted by atomic mass is 9.91. The molecule has 5 nitrogen and oxygen atoms in total. The van der Waals surface area contributed by atoms with Crippen molar-refractivity contribution in [2.75, 3.05) is 39.4 Å². The number of likely N-dealkylation sites (tertiary alicyclic amines) is 1. The summed E-state index contributed by atoms with van der Waals surface area (Å²) in [5.41, 5.74) is 6.51. The van der Waals surface area contributed by atoms with Crippen molar-refractivity contribution in [2.45, 2.75) is 31.8 Å². The van der Waals surface area contributed by atoms with Gasteiger partial charge in [-0.15, -0.1) is 0 Å². The third-order valence-corrected chi connectivity index (χ3v) is 5.36. The van der Waals surface area contributed by atoms with Crippen LogP contribution in [0.15, 0.2) is 24.3 Å². The molecule has 1 amide bonds. The van der Waals surface area contributed by atoms with Crippen molar-refractivity contribution in [3.8, 4) is 0 Å². The normalized spacial score (nSPS) is 24.8. The second-order valence-corrected chi connectivity index (χ2v) is 7.12. The molecule has 0 saturated carbocycles. The summed E-state index contributed by atoms with van der Waals surface area (Å²) in [4.78, 5) is 17.3. The van der Waals surface area contributed by atoms with Gasteiger partial charge in [0.15, 0.2) is 0 Å². The van der Waals surface area contributed by atoms with E-state index in [1.54, 1.807) is 18.2 Å². The first-order valence-corrected chi connectivity index (χ1v) is 9.18. The molecule has 3 atom stereocenters. The van der Waals surface area contributed by atoms with Crippen LogP contribution in [0.5, 0.6) is 0 Å². The first-order valence-electron chi connectivity index (χ1n) is 9.18. The molecule has 0 bridgehead atoms. The van der Waals surface area contributed by atoms with E-state index in [1.165, 1.54) is 6.07 Å². The fraction of sp³-hybridized carbons (Fsp3) is 0.632. The fourth-order valence-electron chi connectivity index (χ4n) is 3.83. The van der Waals surface area contributed by atoms with Crippen molar-refractivity contribution in [1.29, 1.82) is 0 Å². The van der Waals surface area contributed by atoms with Gasteiger partial charge in [-0.2, -0.15) is 0 Å². The number of amides is 1. The molecule has 2 heterocycles. The van der Waals surface area contributed by atoms with E-state index in [4.69, 9.17) is 10.5 Å². The first kappa shape index (κ1) is 18.3. The number of hydrogen-bond donors (Lipinski definition) is 1. The van der Waals surface area contributed by atoms with Gasteiger partial charge in [-0.3, -0.25) is 9.69 Å². The molecule has 0 unspecified atom stereocenters. The summed E-state index contributed by atoms with van der Waals surface area (Å²) >= 11 is 0. The van der Waals surface area contributed by atoms with Crippen molar-refractivity contribution < 1.29 is 13.9 Å². The number of nitrogens with zero attached hydrogens (tertiary/aromatic N) is 2. The van der Waals surface area contributed by atoms with E-state index < -0.39 is 6.04 Å². The highest BCUT2D eigenvalue weighted by Crippen LogP contribution is 2.29. The Kier molecular flexibility index (Phi) is 6.04. The van der Waals surface area contributed by atoms with Crippen LogP contribution < -0.4 is 5.73 Å². The average Bonchev–Trinajstić information content (AvgIpc) is 2.64. The molecule has 3 rings (SSSR count). The zero-order chi connectivity index (χ0) is 17.8. The van der Waals surface area contributed by atoms with Gasteiger partial charge >= 0.3 is 0 Å². The molecule has 0 aliphatic carbocycles. The molecular weight excluding hydrogens is 321 g/mol. The predicted octanol–water partition coefficient (Wildman–Crippen LogP) is 1.78. The van der Waals surface area contributed by atoms with Gasteiger partial charge in [0.1, 0.15) is 11.9 Å². The van der Waals surface area contributed by atoms with E-state index in [0.717, 1.165) is 19.4 Å². The molecule has 2 fully saturated rings. The third kappa shape index (κ3) is 4.19. The number of hydrogen-bond acceptors (Lipinski definition) is 4. The summed E-state index contributed by atoms with van der Waals surface area (Å²) in [5, 5.41) is 0. The maximum Gasteiger partial charge on any atom is 0.244 e. The Hall–Kier alpha value is -1.50. The van der Waals surface area contributed by atoms with Crippen molar-refractivity contribution in [3.05, 3.63) is 35.6 Å². The van der Waals surface area contributed by atoms with E-state index in [1.807, 2.05) is 16.7 Å². The lowest BCUT2D eigenvalue weighted by molar-refractivity contribution is -0.141. The summed E-state index contributed by atoms with van der Waals surface area (Å²) in [6.45, 7) is 5.78. The number of carbonyl (C=O) groups excluding carboxylic acids is 1. The Morgan fingerprint density at radius 3 is 2.68 bits per heavy atom. The van der Waals surface area contributed by atoms with Crippen LogP contribution >= 0.6 is 0 Å². The largest absolute Gasteiger partial charge is 0.379 e. The predicted molar refractivity (Wildman–Crippen MR) is 94.5 cm³/mol. The number of ether oxygens (including phenoxy) is 1. The van der Waals surface area contributed by atoms with Crippen LogP contribution in [0.3, 0.4) is 0 Å². The minimum Gasteiger partial charge on any atom is -0.379 e. The molecule has 138 valence electrons. The zero-order valence-electron chi connectivity index (χ0n) is 14.9. The van der Waals surface area contributed by atoms with Crippen molar-refractivity contribution in [3.63, 3.8) is 0 Å². The van der Waals surface area contributed by atoms with Crippen LogP contribution in [-0.2, 0) is 9.53 Å². The van der Waals surface area contributed by atoms with Gasteiger partial charge in [-0.25, -0.2) is 4.39 Å². The minimum atomic E-state index is -0.586. The Balaban J connectivity index is 1.85. The van der Waals surface area contributed by atoms with Gasteiger partial charge in [0.2, 0.25) is 5.91 Å². The SMILES string of the molecule is C[C@H](N)[C@@H]1CCCN(C(=O)[C@H](c2ccccc2F)N2CCOCC2)C1. The van der Waals surface area contributed by atoms with Crippen LogP contribution in [0.4, 0.5) is 4.39 Å². The summed E-state index contributed by atoms with van der Waals surface area (Å²) in [5.74, 6) is -0.0332. The zero-order valence-corrected chi connectivity index (χ0v) is 14.9. The molecule has 6 heteroatoms. The monoisotopic (exact) mass is 349 g/mol. The Morgan fingerprint density at radius 2 is 2.00 bits per heavy atom. The van der Waals surface area contributed by atoms with Gasteiger partial charge in [0.05, 0.1) is 13.2 Å². The maximum atomic E-state index is 14.5. The highest BCUT2D eigenvalue weighted by atomic mass is 19.1. The number of halogens is 1. The molecule has 2 aliphatic heterocycles. The summed E-state index contributed by atoms with van der Waals surface area (Å²) in [6.07, 6.45) is 1.99. The highest BCUT2D eigenvalue weighted by Gasteiger charge is 2.36. The van der Waals surface area contributed by atoms with Crippen LogP contribution in [0.2, 0.25) is 0 Å². The molecule has 0 aromatic heterocycles. The van der Waals surface area contributed by atoms with Gasteiger partial charge in [0.25, 0.3) is 0 Å². The van der Waals surface area contributed by atoms with E-state index in [2.05, 4.69) is 0 Å². The van der Waals surface area contributed by atoms with Crippen molar-refractivity contribution >= 4 is 5.91 Å². The van der Waals surface area contributed by atoms with Crippen LogP contribution in [0.25, 0.3) is 0 Å². The van der Waals surface area contributed by atoms with Crippen molar-refractivity contribution in [1.82, 2.24) is 9.80 Å². The van der Waals surface area contributed by atoms with Gasteiger partial charge in [-0.1, -0.05) is 18.2 Å². The summed E-state index contributed by atoms with van der Waals surface area (Å²) in [6, 6.07) is 6.08.